The van der Waals surface area contributed by atoms with Crippen LogP contribution in [0.3, 0.4) is 0 Å². The number of rotatable bonds is 6. The van der Waals surface area contributed by atoms with E-state index in [1.807, 2.05) is 30.3 Å². The monoisotopic (exact) mass is 390 g/mol. The number of ether oxygens (including phenoxy) is 3. The first-order valence-electron chi connectivity index (χ1n) is 9.34. The molecular formula is C23H22N2O4. The number of nitrogens with zero attached hydrogens (tertiary/aromatic N) is 2. The summed E-state index contributed by atoms with van der Waals surface area (Å²) in [5.41, 5.74) is 3.81. The SMILES string of the molecule is CCn1c2ccccc2c2cc(C=O)nc(-c3ccc(OC)c(OC)c3OC)c21. The van der Waals surface area contributed by atoms with Crippen molar-refractivity contribution in [2.24, 2.45) is 0 Å². The second-order valence-corrected chi connectivity index (χ2v) is 6.55. The van der Waals surface area contributed by atoms with Crippen LogP contribution in [0.5, 0.6) is 17.2 Å². The Hall–Kier alpha value is -3.54. The summed E-state index contributed by atoms with van der Waals surface area (Å²) in [7, 11) is 4.73. The highest BCUT2D eigenvalue weighted by Crippen LogP contribution is 2.46. The lowest BCUT2D eigenvalue weighted by Crippen LogP contribution is -2.02. The second kappa shape index (κ2) is 7.47. The molecule has 0 aliphatic rings. The van der Waals surface area contributed by atoms with Crippen molar-refractivity contribution in [2.45, 2.75) is 13.5 Å². The summed E-state index contributed by atoms with van der Waals surface area (Å²) < 4.78 is 18.9. The molecule has 0 atom stereocenters. The van der Waals surface area contributed by atoms with Crippen LogP contribution in [-0.4, -0.2) is 37.2 Å². The van der Waals surface area contributed by atoms with E-state index >= 15 is 0 Å². The van der Waals surface area contributed by atoms with Gasteiger partial charge in [-0.1, -0.05) is 18.2 Å². The first-order valence-corrected chi connectivity index (χ1v) is 9.34. The van der Waals surface area contributed by atoms with Crippen LogP contribution in [0, 0.1) is 0 Å². The van der Waals surface area contributed by atoms with E-state index in [1.165, 1.54) is 0 Å². The molecule has 0 aliphatic carbocycles. The highest BCUT2D eigenvalue weighted by molar-refractivity contribution is 6.13. The van der Waals surface area contributed by atoms with Crippen LogP contribution >= 0.6 is 0 Å². The Morgan fingerprint density at radius 1 is 0.966 bits per heavy atom. The van der Waals surface area contributed by atoms with Gasteiger partial charge in [-0.2, -0.15) is 0 Å². The molecule has 0 unspecified atom stereocenters. The number of benzene rings is 2. The molecule has 2 aromatic carbocycles. The molecule has 0 saturated heterocycles. The maximum Gasteiger partial charge on any atom is 0.203 e. The number of hydrogen-bond donors (Lipinski definition) is 0. The molecule has 6 heteroatoms. The van der Waals surface area contributed by atoms with Crippen molar-refractivity contribution in [3.8, 4) is 28.5 Å². The number of aromatic nitrogens is 2. The van der Waals surface area contributed by atoms with E-state index in [0.717, 1.165) is 40.2 Å². The van der Waals surface area contributed by atoms with Gasteiger partial charge >= 0.3 is 0 Å². The predicted molar refractivity (Wildman–Crippen MR) is 113 cm³/mol. The zero-order valence-corrected chi connectivity index (χ0v) is 16.9. The van der Waals surface area contributed by atoms with Crippen molar-refractivity contribution < 1.29 is 19.0 Å². The first kappa shape index (κ1) is 18.8. The summed E-state index contributed by atoms with van der Waals surface area (Å²) in [4.78, 5) is 16.3. The molecule has 0 saturated carbocycles. The molecule has 0 aliphatic heterocycles. The lowest BCUT2D eigenvalue weighted by atomic mass is 10.0. The van der Waals surface area contributed by atoms with E-state index in [-0.39, 0.29) is 0 Å². The van der Waals surface area contributed by atoms with Crippen molar-refractivity contribution in [1.82, 2.24) is 9.55 Å². The van der Waals surface area contributed by atoms with Crippen LogP contribution in [0.1, 0.15) is 17.4 Å². The number of carbonyl (C=O) groups excluding carboxylic acids is 1. The fourth-order valence-corrected chi connectivity index (χ4v) is 3.96. The summed E-state index contributed by atoms with van der Waals surface area (Å²) in [6.07, 6.45) is 0.772. The minimum Gasteiger partial charge on any atom is -0.493 e. The topological polar surface area (TPSA) is 62.6 Å². The van der Waals surface area contributed by atoms with Gasteiger partial charge in [-0.05, 0) is 31.2 Å². The first-order chi connectivity index (χ1) is 14.2. The van der Waals surface area contributed by atoms with Gasteiger partial charge in [0.15, 0.2) is 17.8 Å². The van der Waals surface area contributed by atoms with E-state index in [2.05, 4.69) is 28.6 Å². The van der Waals surface area contributed by atoms with Crippen LogP contribution in [0.4, 0.5) is 0 Å². The number of hydrogen-bond acceptors (Lipinski definition) is 5. The molecule has 4 aromatic rings. The molecule has 0 N–H and O–H groups in total. The summed E-state index contributed by atoms with van der Waals surface area (Å²) in [5.74, 6) is 1.56. The summed E-state index contributed by atoms with van der Waals surface area (Å²) in [6, 6.07) is 13.7. The van der Waals surface area contributed by atoms with Crippen molar-refractivity contribution in [1.29, 1.82) is 0 Å². The molecule has 0 radical (unpaired) electrons. The molecule has 0 spiro atoms. The Kier molecular flexibility index (Phi) is 4.84. The van der Waals surface area contributed by atoms with Gasteiger partial charge in [0.2, 0.25) is 5.75 Å². The number of fused-ring (bicyclic) bond motifs is 3. The van der Waals surface area contributed by atoms with Crippen LogP contribution in [-0.2, 0) is 6.54 Å². The van der Waals surface area contributed by atoms with Crippen LogP contribution in [0.25, 0.3) is 33.1 Å². The number of pyridine rings is 1. The number of aldehydes is 1. The zero-order chi connectivity index (χ0) is 20.5. The molecule has 148 valence electrons. The highest BCUT2D eigenvalue weighted by atomic mass is 16.5. The molecule has 0 bridgehead atoms. The fourth-order valence-electron chi connectivity index (χ4n) is 3.96. The van der Waals surface area contributed by atoms with Gasteiger partial charge in [-0.3, -0.25) is 4.79 Å². The van der Waals surface area contributed by atoms with Crippen molar-refractivity contribution >= 4 is 28.1 Å². The summed E-state index contributed by atoms with van der Waals surface area (Å²) >= 11 is 0. The van der Waals surface area contributed by atoms with E-state index in [4.69, 9.17) is 14.2 Å². The van der Waals surface area contributed by atoms with E-state index in [1.54, 1.807) is 21.3 Å². The Morgan fingerprint density at radius 2 is 1.72 bits per heavy atom. The van der Waals surface area contributed by atoms with E-state index in [9.17, 15) is 4.79 Å². The van der Waals surface area contributed by atoms with Crippen LogP contribution in [0.2, 0.25) is 0 Å². The van der Waals surface area contributed by atoms with Gasteiger partial charge in [0.1, 0.15) is 5.69 Å². The molecule has 0 fully saturated rings. The van der Waals surface area contributed by atoms with Gasteiger partial charge < -0.3 is 18.8 Å². The Bertz CT molecular complexity index is 1230. The maximum absolute atomic E-state index is 11.7. The van der Waals surface area contributed by atoms with Crippen molar-refractivity contribution in [2.75, 3.05) is 21.3 Å². The van der Waals surface area contributed by atoms with Crippen molar-refractivity contribution in [3.05, 3.63) is 48.2 Å². The van der Waals surface area contributed by atoms with Crippen LogP contribution in [0.15, 0.2) is 42.5 Å². The second-order valence-electron chi connectivity index (χ2n) is 6.55. The largest absolute Gasteiger partial charge is 0.493 e. The van der Waals surface area contributed by atoms with Gasteiger partial charge in [-0.15, -0.1) is 0 Å². The average Bonchev–Trinajstić information content (AvgIpc) is 3.10. The number of para-hydroxylation sites is 1. The average molecular weight is 390 g/mol. The number of aryl methyl sites for hydroxylation is 1. The fraction of sp³-hybridized carbons (Fsp3) is 0.217. The molecular weight excluding hydrogens is 368 g/mol. The van der Waals surface area contributed by atoms with Gasteiger partial charge in [0.05, 0.1) is 32.5 Å². The quantitative estimate of drug-likeness (QED) is 0.446. The third kappa shape index (κ3) is 2.79. The highest BCUT2D eigenvalue weighted by Gasteiger charge is 2.23. The Labute approximate surface area is 168 Å². The Balaban J connectivity index is 2.19. The molecule has 0 amide bonds. The maximum atomic E-state index is 11.7. The molecule has 2 heterocycles. The van der Waals surface area contributed by atoms with Crippen molar-refractivity contribution in [3.63, 3.8) is 0 Å². The number of methoxy groups -OCH3 is 3. The standard InChI is InChI=1S/C23H22N2O4/c1-5-25-18-9-7-6-8-15(18)17-12-14(13-26)24-20(21(17)25)16-10-11-19(27-2)23(29-4)22(16)28-3/h6-13H,5H2,1-4H3. The van der Waals surface area contributed by atoms with E-state index < -0.39 is 0 Å². The summed E-state index contributed by atoms with van der Waals surface area (Å²) in [5, 5.41) is 2.06. The third-order valence-electron chi connectivity index (χ3n) is 5.16. The minimum absolute atomic E-state index is 0.364. The molecule has 4 rings (SSSR count). The van der Waals surface area contributed by atoms with Gasteiger partial charge in [-0.25, -0.2) is 4.98 Å². The smallest absolute Gasteiger partial charge is 0.203 e. The predicted octanol–water partition coefficient (Wildman–Crippen LogP) is 4.71. The van der Waals surface area contributed by atoms with Gasteiger partial charge in [0, 0.05) is 28.4 Å². The normalized spacial score (nSPS) is 11.0. The zero-order valence-electron chi connectivity index (χ0n) is 16.9. The van der Waals surface area contributed by atoms with Gasteiger partial charge in [0.25, 0.3) is 0 Å². The van der Waals surface area contributed by atoms with Crippen LogP contribution < -0.4 is 14.2 Å². The third-order valence-corrected chi connectivity index (χ3v) is 5.16. The minimum atomic E-state index is 0.364. The van der Waals surface area contributed by atoms with E-state index in [0.29, 0.717) is 28.6 Å². The summed E-state index contributed by atoms with van der Waals surface area (Å²) in [6.45, 7) is 2.85. The molecule has 29 heavy (non-hydrogen) atoms. The Morgan fingerprint density at radius 3 is 2.38 bits per heavy atom. The lowest BCUT2D eigenvalue weighted by Gasteiger charge is -2.17. The molecule has 6 nitrogen and oxygen atoms in total. The lowest BCUT2D eigenvalue weighted by molar-refractivity contribution is 0.111. The molecule has 2 aromatic heterocycles. The number of carbonyl (C=O) groups is 1.